The molecule has 0 amide bonds. The minimum atomic E-state index is 0.853. The van der Waals surface area contributed by atoms with Crippen molar-refractivity contribution in [2.45, 2.75) is 266 Å². The minimum absolute atomic E-state index is 0.853. The second-order valence-electron chi connectivity index (χ2n) is 18.8. The van der Waals surface area contributed by atoms with Crippen LogP contribution in [0.15, 0.2) is 59.7 Å². The molecule has 0 atom stereocenters. The monoisotopic (exact) mass is 963 g/mol. The molecule has 68 heavy (non-hydrogen) atoms. The zero-order valence-electron chi connectivity index (χ0n) is 44.6. The number of allylic oxidation sites excluding steroid dienone is 2. The molecule has 0 aliphatic carbocycles. The average molecular weight is 964 g/mol. The Bertz CT molecular complexity index is 1940. The quantitative estimate of drug-likeness (QED) is 0.0289. The molecule has 3 heteroatoms. The van der Waals surface area contributed by atoms with Gasteiger partial charge in [0.2, 0.25) is 11.4 Å². The first-order valence-electron chi connectivity index (χ1n) is 28.1. The summed E-state index contributed by atoms with van der Waals surface area (Å²) in [6.45, 7) is 13.2. The van der Waals surface area contributed by atoms with E-state index >= 15 is 0 Å². The summed E-state index contributed by atoms with van der Waals surface area (Å²) in [5, 5.41) is 0. The predicted molar refractivity (Wildman–Crippen MR) is 295 cm³/mol. The first kappa shape index (κ1) is 60.4. The van der Waals surface area contributed by atoms with Crippen LogP contribution in [0.5, 0.6) is 0 Å². The van der Waals surface area contributed by atoms with Gasteiger partial charge >= 0.3 is 114 Å². The third-order valence-corrected chi connectivity index (χ3v) is 13.5. The number of unbranched alkanes of at least 4 members (excludes halogenated alkanes) is 24. The molecule has 2 aromatic rings. The van der Waals surface area contributed by atoms with Gasteiger partial charge in [0.1, 0.15) is 0 Å². The number of rotatable bonds is 34. The van der Waals surface area contributed by atoms with Gasteiger partial charge in [-0.05, 0) is 81.5 Å². The van der Waals surface area contributed by atoms with Gasteiger partial charge in [0.25, 0.3) is 0 Å². The summed E-state index contributed by atoms with van der Waals surface area (Å²) >= 11 is 1.29. The van der Waals surface area contributed by atoms with Crippen LogP contribution < -0.4 is 0 Å². The summed E-state index contributed by atoms with van der Waals surface area (Å²) < 4.78 is 1.59. The van der Waals surface area contributed by atoms with Gasteiger partial charge in [-0.15, -0.1) is 23.7 Å². The molecule has 0 unspecified atom stereocenters. The number of hydrogen-bond acceptors (Lipinski definition) is 0. The Morgan fingerprint density at radius 3 is 1.26 bits per heavy atom. The van der Waals surface area contributed by atoms with Gasteiger partial charge in [-0.2, -0.15) is 0 Å². The Hall–Kier alpha value is -3.75. The Kier molecular flexibility index (Phi) is 38.4. The van der Waals surface area contributed by atoms with Crippen LogP contribution in [0.3, 0.4) is 0 Å². The van der Waals surface area contributed by atoms with E-state index in [4.69, 9.17) is 0 Å². The zero-order valence-corrected chi connectivity index (χ0v) is 45.6. The molecule has 0 bridgehead atoms. The van der Waals surface area contributed by atoms with Crippen LogP contribution in [0.4, 0.5) is 0 Å². The van der Waals surface area contributed by atoms with E-state index in [-0.39, 0.29) is 0 Å². The summed E-state index contributed by atoms with van der Waals surface area (Å²) in [7, 11) is 0. The number of aryl methyl sites for hydroxylation is 2. The molecule has 0 saturated carbocycles. The molecular formula is C65H96N2Ni. The van der Waals surface area contributed by atoms with Crippen molar-refractivity contribution in [1.82, 2.24) is 0 Å². The molecule has 2 aromatic carbocycles. The summed E-state index contributed by atoms with van der Waals surface area (Å²) in [4.78, 5) is 6.16. The van der Waals surface area contributed by atoms with Crippen molar-refractivity contribution in [3.05, 3.63) is 87.5 Å². The summed E-state index contributed by atoms with van der Waals surface area (Å²) in [5.41, 5.74) is 21.9. The fraction of sp³-hybridized carbons (Fsp3) is 0.631. The van der Waals surface area contributed by atoms with Crippen LogP contribution in [0, 0.1) is 45.3 Å². The van der Waals surface area contributed by atoms with E-state index in [0.29, 0.717) is 0 Å². The summed E-state index contributed by atoms with van der Waals surface area (Å²) in [6, 6.07) is 17.5. The van der Waals surface area contributed by atoms with Crippen LogP contribution >= 0.6 is 0 Å². The first-order valence-corrected chi connectivity index (χ1v) is 29.1. The zero-order chi connectivity index (χ0) is 49.0. The molecule has 376 valence electrons. The third kappa shape index (κ3) is 26.9. The summed E-state index contributed by atoms with van der Waals surface area (Å²) in [6.07, 6.45) is 42.3. The van der Waals surface area contributed by atoms with Crippen LogP contribution in [-0.4, -0.2) is 4.70 Å². The topological polar surface area (TPSA) is 25.3 Å². The van der Waals surface area contributed by atoms with Gasteiger partial charge in [0.05, 0.1) is 0 Å². The van der Waals surface area contributed by atoms with Gasteiger partial charge in [-0.1, -0.05) is 147 Å². The second kappa shape index (κ2) is 43.3. The number of hydrogen-bond donors (Lipinski definition) is 0. The standard InChI is InChI=1S/C49H70N2.2C8H13.Ni/c1-5-9-13-16-17-18-19-20-21-22-23-24-25-26-28-35-43-37-31-32-39-44(43)48-46(38-12-8-4)47(41-29-15-11-7-3)49(51(48)50)45-40-33-30-36-42(45)34-27-14-10-6-2;2*1-3-5-7-8-6-4-2;/h30-33,36-37,39-40H,5,7-9,11-24,27-29,34-35,38,41H2,1-4H3;2*3,5-8H2,1H3;. The number of benzene rings is 2. The van der Waals surface area contributed by atoms with E-state index in [0.717, 1.165) is 100 Å². The molecular weight excluding hydrogens is 867 g/mol. The number of nitrogens with zero attached hydrogens (tertiary/aromatic N) is 2. The molecule has 1 aliphatic rings. The van der Waals surface area contributed by atoms with Crippen LogP contribution in [0.2, 0.25) is 0 Å². The van der Waals surface area contributed by atoms with E-state index in [2.05, 4.69) is 128 Å². The van der Waals surface area contributed by atoms with Crippen LogP contribution in [0.1, 0.15) is 276 Å². The van der Waals surface area contributed by atoms with Crippen LogP contribution in [0.25, 0.3) is 16.9 Å². The second-order valence-corrected chi connectivity index (χ2v) is 19.6. The van der Waals surface area contributed by atoms with Gasteiger partial charge in [0, 0.05) is 41.5 Å². The van der Waals surface area contributed by atoms with Gasteiger partial charge in [-0.25, -0.2) is 4.70 Å². The molecule has 0 aromatic heterocycles. The average Bonchev–Trinajstić information content (AvgIpc) is 3.63. The van der Waals surface area contributed by atoms with E-state index < -0.39 is 0 Å². The SMILES string of the molecule is CC#CCCCc1ccccc1C1=C(CCCCCC)C(CCCC)=C(c2ccccc2CCC#CCCCCCCCCCCCCC)[N+]1=[N-].CCCCCCC#[C][Ni][C]#CCCCCCC. The van der Waals surface area contributed by atoms with Gasteiger partial charge < -0.3 is 5.53 Å². The molecule has 1 aliphatic heterocycles. The molecule has 0 radical (unpaired) electrons. The van der Waals surface area contributed by atoms with E-state index in [1.165, 1.54) is 184 Å². The molecule has 0 spiro atoms. The summed E-state index contributed by atoms with van der Waals surface area (Å²) in [5.74, 6) is 19.6. The fourth-order valence-corrected chi connectivity index (χ4v) is 9.43. The molecule has 2 nitrogen and oxygen atoms in total. The maximum absolute atomic E-state index is 12.3. The molecule has 0 N–H and O–H groups in total. The van der Waals surface area contributed by atoms with Gasteiger partial charge in [-0.3, -0.25) is 0 Å². The fourth-order valence-electron chi connectivity index (χ4n) is 8.94. The first-order chi connectivity index (χ1) is 33.6. The van der Waals surface area contributed by atoms with Crippen molar-refractivity contribution in [2.24, 2.45) is 0 Å². The van der Waals surface area contributed by atoms with Crippen molar-refractivity contribution >= 4 is 11.4 Å². The molecule has 1 heterocycles. The van der Waals surface area contributed by atoms with Crippen molar-refractivity contribution < 1.29 is 19.1 Å². The Labute approximate surface area is 427 Å². The van der Waals surface area contributed by atoms with E-state index in [9.17, 15) is 5.53 Å². The molecule has 0 saturated heterocycles. The van der Waals surface area contributed by atoms with Crippen molar-refractivity contribution in [2.75, 3.05) is 0 Å². The Morgan fingerprint density at radius 2 is 0.765 bits per heavy atom. The molecule has 3 rings (SSSR count). The van der Waals surface area contributed by atoms with E-state index in [1.807, 2.05) is 6.92 Å². The van der Waals surface area contributed by atoms with Crippen LogP contribution in [-0.2, 0) is 27.3 Å². The van der Waals surface area contributed by atoms with Crippen molar-refractivity contribution in [3.63, 3.8) is 0 Å². The van der Waals surface area contributed by atoms with Crippen molar-refractivity contribution in [3.8, 4) is 45.3 Å². The normalized spacial score (nSPS) is 11.8. The maximum atomic E-state index is 12.3. The Morgan fingerprint density at radius 1 is 0.382 bits per heavy atom. The molecule has 0 fully saturated rings. The third-order valence-electron chi connectivity index (χ3n) is 12.9. The Balaban J connectivity index is 0.000000789. The van der Waals surface area contributed by atoms with Gasteiger partial charge in [0.15, 0.2) is 0 Å². The van der Waals surface area contributed by atoms with E-state index in [1.54, 1.807) is 4.70 Å². The predicted octanol–water partition coefficient (Wildman–Crippen LogP) is 19.9. The van der Waals surface area contributed by atoms with Crippen molar-refractivity contribution in [1.29, 1.82) is 0 Å².